The van der Waals surface area contributed by atoms with Crippen LogP contribution in [0.1, 0.15) is 18.1 Å². The summed E-state index contributed by atoms with van der Waals surface area (Å²) in [5.41, 5.74) is 3.38. The van der Waals surface area contributed by atoms with Crippen molar-refractivity contribution >= 4 is 33.7 Å². The molecular weight excluding hydrogens is 550 g/mol. The lowest BCUT2D eigenvalue weighted by Crippen LogP contribution is -2.44. The molecule has 0 aliphatic rings. The molecule has 6 rings (SSSR count). The van der Waals surface area contributed by atoms with E-state index >= 15 is 0 Å². The number of fused-ring (bicyclic) bond motifs is 2. The summed E-state index contributed by atoms with van der Waals surface area (Å²) >= 11 is 0. The number of aliphatic carboxylic acids is 1. The van der Waals surface area contributed by atoms with Gasteiger partial charge in [-0.25, -0.2) is 4.79 Å². The second-order valence-corrected chi connectivity index (χ2v) is 9.96. The van der Waals surface area contributed by atoms with Crippen molar-refractivity contribution in [1.29, 1.82) is 0 Å². The van der Waals surface area contributed by atoms with E-state index in [1.807, 2.05) is 61.5 Å². The number of aromatic amines is 1. The number of nitrogens with one attached hydrogen (secondary N) is 2. The lowest BCUT2D eigenvalue weighted by atomic mass is 10.0. The fraction of sp³-hybridized carbons (Fsp3) is 0.156. The van der Waals surface area contributed by atoms with Crippen molar-refractivity contribution in [2.24, 2.45) is 0 Å². The Morgan fingerprint density at radius 1 is 1.07 bits per heavy atom. The predicted octanol–water partition coefficient (Wildman–Crippen LogP) is 4.28. The quantitative estimate of drug-likeness (QED) is 0.218. The van der Waals surface area contributed by atoms with Gasteiger partial charge in [-0.3, -0.25) is 14.2 Å². The number of carbonyl (C=O) groups is 2. The van der Waals surface area contributed by atoms with Crippen LogP contribution in [0.4, 0.5) is 0 Å². The predicted molar refractivity (Wildman–Crippen MR) is 159 cm³/mol. The zero-order valence-corrected chi connectivity index (χ0v) is 23.1. The van der Waals surface area contributed by atoms with Crippen molar-refractivity contribution in [3.8, 4) is 22.8 Å². The summed E-state index contributed by atoms with van der Waals surface area (Å²) in [7, 11) is 0. The number of amides is 1. The summed E-state index contributed by atoms with van der Waals surface area (Å²) in [4.78, 5) is 41.4. The molecule has 6 aromatic rings. The maximum absolute atomic E-state index is 13.5. The molecule has 3 aromatic carbocycles. The molecule has 0 aliphatic heterocycles. The highest BCUT2D eigenvalue weighted by Crippen LogP contribution is 2.28. The molecule has 216 valence electrons. The number of para-hydroxylation sites is 2. The van der Waals surface area contributed by atoms with Gasteiger partial charge in [0.15, 0.2) is 12.4 Å². The number of aromatic nitrogens is 4. The summed E-state index contributed by atoms with van der Waals surface area (Å²) in [6, 6.07) is 19.1. The van der Waals surface area contributed by atoms with Gasteiger partial charge in [0.2, 0.25) is 5.43 Å². The minimum Gasteiger partial charge on any atom is -0.483 e. The number of ether oxygens (including phenoxy) is 1. The Bertz CT molecular complexity index is 2010. The van der Waals surface area contributed by atoms with Gasteiger partial charge in [-0.1, -0.05) is 43.3 Å². The number of hydrogen-bond donors (Lipinski definition) is 3. The van der Waals surface area contributed by atoms with Crippen molar-refractivity contribution in [3.05, 3.63) is 107 Å². The van der Waals surface area contributed by atoms with Gasteiger partial charge in [0, 0.05) is 35.3 Å². The molecule has 0 fully saturated rings. The Morgan fingerprint density at radius 3 is 2.65 bits per heavy atom. The highest BCUT2D eigenvalue weighted by molar-refractivity contribution is 5.87. The van der Waals surface area contributed by atoms with Crippen LogP contribution in [0.25, 0.3) is 38.9 Å². The number of carboxylic acids is 1. The topological polar surface area (TPSA) is 152 Å². The lowest BCUT2D eigenvalue weighted by Gasteiger charge is -2.16. The fourth-order valence-corrected chi connectivity index (χ4v) is 5.06. The van der Waals surface area contributed by atoms with Gasteiger partial charge in [0.05, 0.1) is 5.39 Å². The van der Waals surface area contributed by atoms with Crippen molar-refractivity contribution in [3.63, 3.8) is 0 Å². The summed E-state index contributed by atoms with van der Waals surface area (Å²) in [5, 5.41) is 21.7. The normalized spacial score (nSPS) is 11.9. The number of carbonyl (C=O) groups excluding carboxylic acids is 1. The number of benzene rings is 3. The highest BCUT2D eigenvalue weighted by Gasteiger charge is 2.23. The molecule has 0 saturated carbocycles. The average molecular weight is 578 g/mol. The third-order valence-corrected chi connectivity index (χ3v) is 7.25. The monoisotopic (exact) mass is 577 g/mol. The minimum absolute atomic E-state index is 0.104. The standard InChI is InChI=1S/C32H27N5O6/c1-2-19-12-23-28(42-16-24(30(23)39)31-36-34-18-37(31)21-8-4-3-5-9-21)14-27(19)43-17-29(38)35-26(32(40)41)13-20-15-33-25-11-7-6-10-22(20)25/h3-12,14-16,18,26,33H,2,13,17H2,1H3,(H,35,38)(H,40,41)/t26-/m0/s1. The molecule has 0 bridgehead atoms. The van der Waals surface area contributed by atoms with Crippen LogP contribution >= 0.6 is 0 Å². The molecule has 1 amide bonds. The first-order valence-electron chi connectivity index (χ1n) is 13.7. The number of nitrogens with zero attached hydrogens (tertiary/aromatic N) is 3. The van der Waals surface area contributed by atoms with Crippen LogP contribution in [0.5, 0.6) is 5.75 Å². The Labute approximate surface area is 244 Å². The third-order valence-electron chi connectivity index (χ3n) is 7.25. The van der Waals surface area contributed by atoms with Crippen molar-refractivity contribution in [2.45, 2.75) is 25.8 Å². The van der Waals surface area contributed by atoms with Crippen LogP contribution in [0.3, 0.4) is 0 Å². The molecule has 11 nitrogen and oxygen atoms in total. The third kappa shape index (κ3) is 5.47. The minimum atomic E-state index is -1.15. The average Bonchev–Trinajstić information content (AvgIpc) is 3.68. The maximum atomic E-state index is 13.5. The molecule has 0 saturated heterocycles. The van der Waals surface area contributed by atoms with Crippen molar-refractivity contribution < 1.29 is 23.8 Å². The van der Waals surface area contributed by atoms with Gasteiger partial charge in [0.1, 0.15) is 35.5 Å². The number of aryl methyl sites for hydroxylation is 1. The molecule has 3 heterocycles. The molecule has 3 aromatic heterocycles. The zero-order chi connectivity index (χ0) is 29.9. The molecule has 43 heavy (non-hydrogen) atoms. The van der Waals surface area contributed by atoms with E-state index < -0.39 is 24.5 Å². The lowest BCUT2D eigenvalue weighted by molar-refractivity contribution is -0.142. The van der Waals surface area contributed by atoms with Crippen molar-refractivity contribution in [1.82, 2.24) is 25.1 Å². The number of rotatable bonds is 10. The largest absolute Gasteiger partial charge is 0.483 e. The van der Waals surface area contributed by atoms with Crippen LogP contribution in [0, 0.1) is 0 Å². The smallest absolute Gasteiger partial charge is 0.326 e. The molecule has 1 atom stereocenters. The Hall–Kier alpha value is -5.71. The van der Waals surface area contributed by atoms with Crippen LogP contribution < -0.4 is 15.5 Å². The van der Waals surface area contributed by atoms with E-state index in [4.69, 9.17) is 9.15 Å². The fourth-order valence-electron chi connectivity index (χ4n) is 5.06. The maximum Gasteiger partial charge on any atom is 0.326 e. The first-order valence-corrected chi connectivity index (χ1v) is 13.7. The van der Waals surface area contributed by atoms with E-state index in [0.29, 0.717) is 28.9 Å². The van der Waals surface area contributed by atoms with Crippen LogP contribution in [0.15, 0.2) is 94.7 Å². The van der Waals surface area contributed by atoms with Crippen LogP contribution in [0.2, 0.25) is 0 Å². The Morgan fingerprint density at radius 2 is 1.86 bits per heavy atom. The summed E-state index contributed by atoms with van der Waals surface area (Å²) in [6.07, 6.45) is 5.22. The SMILES string of the molecule is CCc1cc2c(=O)c(-c3nncn3-c3ccccc3)coc2cc1OCC(=O)N[C@@H](Cc1c[nH]c2ccccc12)C(=O)O. The van der Waals surface area contributed by atoms with E-state index in [0.717, 1.165) is 22.2 Å². The Balaban J connectivity index is 1.20. The molecular formula is C32H27N5O6. The van der Waals surface area contributed by atoms with Gasteiger partial charge in [0.25, 0.3) is 5.91 Å². The summed E-state index contributed by atoms with van der Waals surface area (Å²) < 4.78 is 13.3. The number of H-pyrrole nitrogens is 1. The van der Waals surface area contributed by atoms with Gasteiger partial charge in [-0.15, -0.1) is 10.2 Å². The molecule has 0 aliphatic carbocycles. The zero-order valence-electron chi connectivity index (χ0n) is 23.1. The molecule has 0 unspecified atom stereocenters. The number of hydrogen-bond acceptors (Lipinski definition) is 7. The molecule has 0 radical (unpaired) electrons. The van der Waals surface area contributed by atoms with Gasteiger partial charge < -0.3 is 24.6 Å². The molecule has 0 spiro atoms. The summed E-state index contributed by atoms with van der Waals surface area (Å²) in [6.45, 7) is 1.48. The van der Waals surface area contributed by atoms with Crippen molar-refractivity contribution in [2.75, 3.05) is 6.61 Å². The highest BCUT2D eigenvalue weighted by atomic mass is 16.5. The summed E-state index contributed by atoms with van der Waals surface area (Å²) in [5.74, 6) is -1.04. The van der Waals surface area contributed by atoms with Gasteiger partial charge in [-0.05, 0) is 41.8 Å². The second kappa shape index (κ2) is 11.6. The Kier molecular flexibility index (Phi) is 7.44. The van der Waals surface area contributed by atoms with E-state index in [9.17, 15) is 19.5 Å². The molecule has 3 N–H and O–H groups in total. The van der Waals surface area contributed by atoms with E-state index in [1.165, 1.54) is 12.6 Å². The van der Waals surface area contributed by atoms with Gasteiger partial charge >= 0.3 is 5.97 Å². The van der Waals surface area contributed by atoms with Crippen LogP contribution in [-0.2, 0) is 22.4 Å². The molecule has 11 heteroatoms. The van der Waals surface area contributed by atoms with E-state index in [2.05, 4.69) is 20.5 Å². The van der Waals surface area contributed by atoms with E-state index in [1.54, 1.807) is 22.9 Å². The first-order chi connectivity index (χ1) is 20.9. The first kappa shape index (κ1) is 27.5. The van der Waals surface area contributed by atoms with E-state index in [-0.39, 0.29) is 23.0 Å². The van der Waals surface area contributed by atoms with Crippen LogP contribution in [-0.4, -0.2) is 49.4 Å². The second-order valence-electron chi connectivity index (χ2n) is 9.96. The number of carboxylic acid groups (broad SMARTS) is 1. The van der Waals surface area contributed by atoms with Gasteiger partial charge in [-0.2, -0.15) is 0 Å².